The Morgan fingerprint density at radius 3 is 2.56 bits per heavy atom. The highest BCUT2D eigenvalue weighted by Gasteiger charge is 2.15. The van der Waals surface area contributed by atoms with Crippen LogP contribution < -0.4 is 5.32 Å². The molecule has 0 unspecified atom stereocenters. The summed E-state index contributed by atoms with van der Waals surface area (Å²) in [7, 11) is 1.80. The maximum atomic E-state index is 14.2. The van der Waals surface area contributed by atoms with Crippen LogP contribution >= 0.6 is 15.9 Å². The molecule has 0 fully saturated rings. The lowest BCUT2D eigenvalue weighted by Crippen LogP contribution is -2.01. The number of aromatic nitrogens is 1. The van der Waals surface area contributed by atoms with Gasteiger partial charge in [-0.3, -0.25) is 4.98 Å². The Labute approximate surface area is 115 Å². The van der Waals surface area contributed by atoms with E-state index in [-0.39, 0.29) is 5.82 Å². The fourth-order valence-electron chi connectivity index (χ4n) is 2.01. The summed E-state index contributed by atoms with van der Waals surface area (Å²) in [6.45, 7) is 6.11. The quantitative estimate of drug-likeness (QED) is 0.876. The second-order valence-electron chi connectivity index (χ2n) is 4.71. The molecule has 0 radical (unpaired) electrons. The Bertz CT molecular complexity index is 609. The zero-order chi connectivity index (χ0) is 13.4. The molecule has 0 saturated heterocycles. The van der Waals surface area contributed by atoms with Crippen LogP contribution in [-0.4, -0.2) is 12.0 Å². The fourth-order valence-corrected chi connectivity index (χ4v) is 2.55. The van der Waals surface area contributed by atoms with Gasteiger partial charge in [0.2, 0.25) is 0 Å². The number of nitrogens with zero attached hydrogens (tertiary/aromatic N) is 1. The molecular formula is C14H16BrFN2. The fraction of sp³-hybridized carbons (Fsp3) is 0.357. The average molecular weight is 311 g/mol. The van der Waals surface area contributed by atoms with Crippen molar-refractivity contribution in [2.45, 2.75) is 26.7 Å². The molecule has 0 aliphatic rings. The minimum Gasteiger partial charge on any atom is -0.387 e. The van der Waals surface area contributed by atoms with Crippen LogP contribution in [0.1, 0.15) is 31.0 Å². The molecule has 1 heterocycles. The van der Waals surface area contributed by atoms with Crippen LogP contribution in [0, 0.1) is 12.7 Å². The van der Waals surface area contributed by atoms with E-state index < -0.39 is 0 Å². The average Bonchev–Trinajstić information content (AvgIpc) is 2.34. The molecule has 0 aliphatic heterocycles. The largest absolute Gasteiger partial charge is 0.387 e. The highest BCUT2D eigenvalue weighted by Crippen LogP contribution is 2.33. The summed E-state index contributed by atoms with van der Waals surface area (Å²) in [5.74, 6) is 0.0513. The van der Waals surface area contributed by atoms with E-state index in [4.69, 9.17) is 0 Å². The van der Waals surface area contributed by atoms with Crippen LogP contribution in [0.15, 0.2) is 16.6 Å². The molecule has 18 heavy (non-hydrogen) atoms. The first-order valence-corrected chi connectivity index (χ1v) is 6.72. The van der Waals surface area contributed by atoms with Gasteiger partial charge in [0.25, 0.3) is 0 Å². The molecule has 0 atom stereocenters. The summed E-state index contributed by atoms with van der Waals surface area (Å²) in [6, 6.07) is 3.69. The van der Waals surface area contributed by atoms with Crippen LogP contribution in [0.25, 0.3) is 10.9 Å². The van der Waals surface area contributed by atoms with Crippen molar-refractivity contribution in [2.24, 2.45) is 0 Å². The minimum absolute atomic E-state index is 0.261. The van der Waals surface area contributed by atoms with Gasteiger partial charge in [0.1, 0.15) is 5.82 Å². The second-order valence-corrected chi connectivity index (χ2v) is 5.57. The van der Waals surface area contributed by atoms with Crippen molar-refractivity contribution >= 4 is 32.5 Å². The van der Waals surface area contributed by atoms with E-state index in [1.165, 1.54) is 0 Å². The van der Waals surface area contributed by atoms with Crippen molar-refractivity contribution in [1.29, 1.82) is 0 Å². The lowest BCUT2D eigenvalue weighted by molar-refractivity contribution is 0.632. The predicted octanol–water partition coefficient (Wildman–Crippen LogP) is 4.61. The molecule has 1 aromatic carbocycles. The van der Waals surface area contributed by atoms with Gasteiger partial charge in [-0.1, -0.05) is 13.8 Å². The van der Waals surface area contributed by atoms with Crippen molar-refractivity contribution in [3.63, 3.8) is 0 Å². The maximum Gasteiger partial charge on any atom is 0.148 e. The van der Waals surface area contributed by atoms with Crippen molar-refractivity contribution in [3.05, 3.63) is 33.7 Å². The molecular weight excluding hydrogens is 295 g/mol. The lowest BCUT2D eigenvalue weighted by Gasteiger charge is -2.14. The molecule has 2 nitrogen and oxygen atoms in total. The van der Waals surface area contributed by atoms with Crippen molar-refractivity contribution in [2.75, 3.05) is 12.4 Å². The summed E-state index contributed by atoms with van der Waals surface area (Å²) in [5.41, 5.74) is 3.45. The molecule has 0 aliphatic carbocycles. The maximum absolute atomic E-state index is 14.2. The lowest BCUT2D eigenvalue weighted by atomic mass is 10.0. The van der Waals surface area contributed by atoms with Gasteiger partial charge in [0, 0.05) is 18.4 Å². The number of nitrogens with one attached hydrogen (secondary N) is 1. The monoisotopic (exact) mass is 310 g/mol. The SMILES string of the molecule is CNc1cc(C(C)C)nc2c(C)cc(Br)c(F)c12. The van der Waals surface area contributed by atoms with Gasteiger partial charge < -0.3 is 5.32 Å². The van der Waals surface area contributed by atoms with E-state index in [0.717, 1.165) is 22.5 Å². The summed E-state index contributed by atoms with van der Waals surface area (Å²) in [6.07, 6.45) is 0. The van der Waals surface area contributed by atoms with Gasteiger partial charge in [-0.15, -0.1) is 0 Å². The third kappa shape index (κ3) is 2.09. The summed E-state index contributed by atoms with van der Waals surface area (Å²) >= 11 is 3.25. The van der Waals surface area contributed by atoms with Gasteiger partial charge in [0.15, 0.2) is 0 Å². The normalized spacial score (nSPS) is 11.3. The zero-order valence-electron chi connectivity index (χ0n) is 10.9. The molecule has 2 aromatic rings. The summed E-state index contributed by atoms with van der Waals surface area (Å²) in [4.78, 5) is 4.58. The number of fused-ring (bicyclic) bond motifs is 1. The predicted molar refractivity (Wildman–Crippen MR) is 77.8 cm³/mol. The number of hydrogen-bond acceptors (Lipinski definition) is 2. The van der Waals surface area contributed by atoms with Crippen LogP contribution in [0.4, 0.5) is 10.1 Å². The number of pyridine rings is 1. The molecule has 1 aromatic heterocycles. The minimum atomic E-state index is -0.261. The molecule has 1 N–H and O–H groups in total. The molecule has 0 saturated carbocycles. The highest BCUT2D eigenvalue weighted by atomic mass is 79.9. The van der Waals surface area contributed by atoms with Gasteiger partial charge in [-0.05, 0) is 46.5 Å². The second kappa shape index (κ2) is 4.84. The third-order valence-corrected chi connectivity index (χ3v) is 3.62. The Balaban J connectivity index is 2.91. The number of aryl methyl sites for hydroxylation is 1. The molecule has 4 heteroatoms. The number of halogens is 2. The van der Waals surface area contributed by atoms with Gasteiger partial charge in [-0.25, -0.2) is 4.39 Å². The first-order chi connectivity index (χ1) is 8.45. The zero-order valence-corrected chi connectivity index (χ0v) is 12.5. The number of rotatable bonds is 2. The van der Waals surface area contributed by atoms with Gasteiger partial charge in [-0.2, -0.15) is 0 Å². The third-order valence-electron chi connectivity index (χ3n) is 3.05. The van der Waals surface area contributed by atoms with Crippen molar-refractivity contribution in [1.82, 2.24) is 4.98 Å². The molecule has 0 bridgehead atoms. The van der Waals surface area contributed by atoms with Crippen LogP contribution in [0.2, 0.25) is 0 Å². The van der Waals surface area contributed by atoms with Crippen molar-refractivity contribution < 1.29 is 4.39 Å². The van der Waals surface area contributed by atoms with E-state index in [1.807, 2.05) is 13.0 Å². The first-order valence-electron chi connectivity index (χ1n) is 5.92. The number of hydrogen-bond donors (Lipinski definition) is 1. The first kappa shape index (κ1) is 13.3. The summed E-state index contributed by atoms with van der Waals surface area (Å²) < 4.78 is 14.7. The molecule has 2 rings (SSSR count). The Morgan fingerprint density at radius 2 is 2.00 bits per heavy atom. The Morgan fingerprint density at radius 1 is 1.33 bits per heavy atom. The van der Waals surface area contributed by atoms with E-state index in [9.17, 15) is 4.39 Å². The van der Waals surface area contributed by atoms with Crippen LogP contribution in [-0.2, 0) is 0 Å². The molecule has 0 spiro atoms. The number of anilines is 1. The van der Waals surface area contributed by atoms with Gasteiger partial charge >= 0.3 is 0 Å². The van der Waals surface area contributed by atoms with E-state index >= 15 is 0 Å². The Hall–Kier alpha value is -1.16. The Kier molecular flexibility index (Phi) is 3.57. The van der Waals surface area contributed by atoms with Crippen LogP contribution in [0.3, 0.4) is 0 Å². The highest BCUT2D eigenvalue weighted by molar-refractivity contribution is 9.10. The smallest absolute Gasteiger partial charge is 0.148 e. The standard InChI is InChI=1S/C14H16BrFN2/c1-7(2)10-6-11(17-4)12-13(16)9(15)5-8(3)14(12)18-10/h5-7H,1-4H3,(H,17,18). The van der Waals surface area contributed by atoms with Crippen molar-refractivity contribution in [3.8, 4) is 0 Å². The molecule has 0 amide bonds. The van der Waals surface area contributed by atoms with E-state index in [1.54, 1.807) is 13.1 Å². The molecule has 96 valence electrons. The van der Waals surface area contributed by atoms with Gasteiger partial charge in [0.05, 0.1) is 15.4 Å². The van der Waals surface area contributed by atoms with E-state index in [2.05, 4.69) is 40.1 Å². The topological polar surface area (TPSA) is 24.9 Å². The van der Waals surface area contributed by atoms with E-state index in [0.29, 0.717) is 15.8 Å². The number of benzene rings is 1. The van der Waals surface area contributed by atoms with Crippen LogP contribution in [0.5, 0.6) is 0 Å². The summed E-state index contributed by atoms with van der Waals surface area (Å²) in [5, 5.41) is 3.61.